The molecule has 216 valence electrons. The number of carbonyl (C=O) groups excluding carboxylic acids is 1. The summed E-state index contributed by atoms with van der Waals surface area (Å²) in [4.78, 5) is 33.7. The maximum absolute atomic E-state index is 13.0. The Morgan fingerprint density at radius 2 is 1.83 bits per heavy atom. The lowest BCUT2D eigenvalue weighted by Crippen LogP contribution is -2.44. The smallest absolute Gasteiger partial charge is 0.307 e. The number of aliphatic hydroxyl groups excluding tert-OH is 1. The van der Waals surface area contributed by atoms with Crippen LogP contribution >= 0.6 is 11.3 Å². The number of piperidine rings is 2. The lowest BCUT2D eigenvalue weighted by atomic mass is 9.85. The summed E-state index contributed by atoms with van der Waals surface area (Å²) in [5, 5.41) is 22.6. The first kappa shape index (κ1) is 27.7. The topological polar surface area (TPSA) is 103 Å². The lowest BCUT2D eigenvalue weighted by Gasteiger charge is -2.35. The normalized spacial score (nSPS) is 24.0. The maximum Gasteiger partial charge on any atom is 0.307 e. The predicted molar refractivity (Wildman–Crippen MR) is 158 cm³/mol. The van der Waals surface area contributed by atoms with E-state index in [1.54, 1.807) is 16.2 Å². The van der Waals surface area contributed by atoms with E-state index in [2.05, 4.69) is 23.3 Å². The first-order valence-electron chi connectivity index (χ1n) is 14.5. The van der Waals surface area contributed by atoms with Crippen LogP contribution in [0.2, 0.25) is 0 Å². The van der Waals surface area contributed by atoms with Gasteiger partial charge in [-0.3, -0.25) is 9.59 Å². The van der Waals surface area contributed by atoms with Crippen molar-refractivity contribution in [2.45, 2.75) is 52.2 Å². The van der Waals surface area contributed by atoms with Crippen molar-refractivity contribution >= 4 is 28.3 Å². The predicted octanol–water partition coefficient (Wildman–Crippen LogP) is 5.15. The molecule has 1 aliphatic carbocycles. The van der Waals surface area contributed by atoms with E-state index in [1.807, 2.05) is 37.3 Å². The number of aliphatic carboxylic acids is 1. The van der Waals surface area contributed by atoms with Crippen molar-refractivity contribution in [3.63, 3.8) is 0 Å². The average molecular weight is 576 g/mol. The van der Waals surface area contributed by atoms with Crippen molar-refractivity contribution < 1.29 is 24.5 Å². The van der Waals surface area contributed by atoms with Gasteiger partial charge in [0.15, 0.2) is 5.13 Å². The molecule has 3 fully saturated rings. The fourth-order valence-corrected chi connectivity index (χ4v) is 7.60. The largest absolute Gasteiger partial charge is 0.488 e. The summed E-state index contributed by atoms with van der Waals surface area (Å²) in [6, 6.07) is 11.8. The Morgan fingerprint density at radius 1 is 1.05 bits per heavy atom. The van der Waals surface area contributed by atoms with Gasteiger partial charge in [-0.2, -0.15) is 0 Å². The molecule has 2 saturated heterocycles. The van der Waals surface area contributed by atoms with Crippen LogP contribution in [0.15, 0.2) is 41.8 Å². The summed E-state index contributed by atoms with van der Waals surface area (Å²) in [6.07, 6.45) is 3.07. The first-order chi connectivity index (χ1) is 19.8. The molecule has 1 saturated carbocycles. The van der Waals surface area contributed by atoms with Crippen molar-refractivity contribution in [2.24, 2.45) is 17.8 Å². The Kier molecular flexibility index (Phi) is 7.74. The van der Waals surface area contributed by atoms with E-state index < -0.39 is 12.1 Å². The lowest BCUT2D eigenvalue weighted by molar-refractivity contribution is -0.144. The molecule has 41 heavy (non-hydrogen) atoms. The Balaban J connectivity index is 1.16. The van der Waals surface area contributed by atoms with Gasteiger partial charge in [0.25, 0.3) is 5.91 Å². The van der Waals surface area contributed by atoms with Gasteiger partial charge in [0.2, 0.25) is 0 Å². The number of amides is 1. The number of benzene rings is 2. The second kappa shape index (κ2) is 11.4. The monoisotopic (exact) mass is 575 g/mol. The number of nitrogens with zero attached hydrogens (tertiary/aromatic N) is 3. The zero-order valence-corrected chi connectivity index (χ0v) is 24.4. The van der Waals surface area contributed by atoms with E-state index in [0.29, 0.717) is 25.3 Å². The van der Waals surface area contributed by atoms with E-state index in [0.717, 1.165) is 77.6 Å². The van der Waals surface area contributed by atoms with Crippen LogP contribution in [0.5, 0.6) is 5.75 Å². The molecular formula is C32H37N3O5S. The Morgan fingerprint density at radius 3 is 2.54 bits per heavy atom. The molecule has 4 atom stereocenters. The van der Waals surface area contributed by atoms with Gasteiger partial charge in [0.1, 0.15) is 12.4 Å². The van der Waals surface area contributed by atoms with E-state index in [9.17, 15) is 19.8 Å². The number of aryl methyl sites for hydroxylation is 2. The van der Waals surface area contributed by atoms with E-state index in [-0.39, 0.29) is 23.7 Å². The van der Waals surface area contributed by atoms with Crippen LogP contribution in [0.1, 0.15) is 52.7 Å². The number of likely N-dealkylation sites (tertiary alicyclic amines) is 1. The minimum atomic E-state index is -0.656. The van der Waals surface area contributed by atoms with Crippen molar-refractivity contribution in [2.75, 3.05) is 31.1 Å². The van der Waals surface area contributed by atoms with E-state index in [1.165, 1.54) is 0 Å². The molecule has 0 unspecified atom stereocenters. The Hall–Kier alpha value is -3.43. The quantitative estimate of drug-likeness (QED) is 0.402. The molecule has 8 nitrogen and oxygen atoms in total. The molecule has 1 aromatic heterocycles. The number of hydrogen-bond acceptors (Lipinski definition) is 7. The zero-order valence-electron chi connectivity index (χ0n) is 23.6. The summed E-state index contributed by atoms with van der Waals surface area (Å²) in [7, 11) is 0. The number of thiazole rings is 1. The maximum atomic E-state index is 13.0. The van der Waals surface area contributed by atoms with Gasteiger partial charge < -0.3 is 24.7 Å². The summed E-state index contributed by atoms with van der Waals surface area (Å²) in [5.74, 6) is 0.201. The van der Waals surface area contributed by atoms with Gasteiger partial charge in [-0.25, -0.2) is 4.98 Å². The van der Waals surface area contributed by atoms with Crippen LogP contribution in [-0.4, -0.2) is 64.3 Å². The third-order valence-electron chi connectivity index (χ3n) is 8.95. The van der Waals surface area contributed by atoms with Crippen LogP contribution in [-0.2, 0) is 11.4 Å². The number of rotatable bonds is 7. The third kappa shape index (κ3) is 5.70. The van der Waals surface area contributed by atoms with Gasteiger partial charge >= 0.3 is 5.97 Å². The van der Waals surface area contributed by atoms with Crippen LogP contribution in [0, 0.1) is 31.6 Å². The number of carboxylic acid groups (broad SMARTS) is 1. The molecule has 1 amide bonds. The van der Waals surface area contributed by atoms with E-state index >= 15 is 0 Å². The van der Waals surface area contributed by atoms with Crippen molar-refractivity contribution in [1.82, 2.24) is 9.88 Å². The highest BCUT2D eigenvalue weighted by Crippen LogP contribution is 2.44. The van der Waals surface area contributed by atoms with Crippen LogP contribution in [0.25, 0.3) is 11.3 Å². The van der Waals surface area contributed by atoms with Gasteiger partial charge in [-0.15, -0.1) is 11.3 Å². The van der Waals surface area contributed by atoms with Crippen molar-refractivity contribution in [3.8, 4) is 17.0 Å². The Bertz CT molecular complexity index is 1440. The fourth-order valence-electron chi connectivity index (χ4n) is 6.75. The van der Waals surface area contributed by atoms with Gasteiger partial charge in [0.05, 0.1) is 17.7 Å². The second-order valence-corrected chi connectivity index (χ2v) is 12.7. The van der Waals surface area contributed by atoms with Crippen LogP contribution in [0.4, 0.5) is 5.13 Å². The number of β-amino-alcohol motifs (C(OH)–C–C–N with tert-alkyl or cyclic N) is 1. The molecule has 6 rings (SSSR count). The van der Waals surface area contributed by atoms with Crippen molar-refractivity contribution in [1.29, 1.82) is 0 Å². The molecule has 2 aliphatic heterocycles. The molecule has 3 aromatic rings. The molecule has 9 heteroatoms. The minimum absolute atomic E-state index is 0.0420. The molecule has 0 spiro atoms. The van der Waals surface area contributed by atoms with Gasteiger partial charge in [0, 0.05) is 42.7 Å². The molecular weight excluding hydrogens is 538 g/mol. The number of anilines is 1. The number of hydrogen-bond donors (Lipinski definition) is 2. The molecule has 0 radical (unpaired) electrons. The number of aromatic nitrogens is 1. The standard InChI is InChI=1S/C32H37N3O5S/c1-19-5-10-28(40-17-24-9-6-21(13-20(24)2)30(37)34-11-3-4-25(36)16-34)26(12-19)27-18-41-32(33-27)35-14-22-7-8-23(15-35)29(22)31(38)39/h5-6,9-10,12-13,18,22-23,25,29,36H,3-4,7-8,11,14-17H2,1-2H3,(H,38,39)/t22-,23+,25-,29+/m0/s1. The first-order valence-corrected chi connectivity index (χ1v) is 15.4. The summed E-state index contributed by atoms with van der Waals surface area (Å²) in [6.45, 7) is 6.96. The highest BCUT2D eigenvalue weighted by molar-refractivity contribution is 7.14. The second-order valence-electron chi connectivity index (χ2n) is 11.9. The SMILES string of the molecule is Cc1ccc(OCc2ccc(C(=O)N3CCC[C@H](O)C3)cc2C)c(-c2csc(N3C[C@H]4CC[C@@H](C3)[C@H]4C(=O)O)n2)c1. The molecule has 2 bridgehead atoms. The molecule has 3 heterocycles. The summed E-state index contributed by atoms with van der Waals surface area (Å²) >= 11 is 1.60. The summed E-state index contributed by atoms with van der Waals surface area (Å²) in [5.41, 5.74) is 5.53. The van der Waals surface area contributed by atoms with Crippen LogP contribution < -0.4 is 9.64 Å². The zero-order chi connectivity index (χ0) is 28.7. The molecule has 2 aromatic carbocycles. The number of carboxylic acids is 1. The number of carbonyl (C=O) groups is 2. The summed E-state index contributed by atoms with van der Waals surface area (Å²) < 4.78 is 6.34. The third-order valence-corrected chi connectivity index (χ3v) is 9.85. The number of fused-ring (bicyclic) bond motifs is 2. The fraction of sp³-hybridized carbons (Fsp3) is 0.469. The molecule has 2 N–H and O–H groups in total. The molecule has 3 aliphatic rings. The Labute approximate surface area is 244 Å². The number of ether oxygens (including phenoxy) is 1. The van der Waals surface area contributed by atoms with Gasteiger partial charge in [-0.1, -0.05) is 17.7 Å². The minimum Gasteiger partial charge on any atom is -0.488 e. The number of aliphatic hydroxyl groups is 1. The van der Waals surface area contributed by atoms with E-state index in [4.69, 9.17) is 9.72 Å². The highest BCUT2D eigenvalue weighted by atomic mass is 32.1. The van der Waals surface area contributed by atoms with Gasteiger partial charge in [-0.05, 0) is 86.8 Å². The van der Waals surface area contributed by atoms with Crippen molar-refractivity contribution in [3.05, 3.63) is 64.0 Å². The van der Waals surface area contributed by atoms with Crippen LogP contribution in [0.3, 0.4) is 0 Å². The highest BCUT2D eigenvalue weighted by Gasteiger charge is 2.46. The average Bonchev–Trinajstić information content (AvgIpc) is 3.55.